The highest BCUT2D eigenvalue weighted by atomic mass is 14.3. The summed E-state index contributed by atoms with van der Waals surface area (Å²) in [6, 6.07) is 4.40. The van der Waals surface area contributed by atoms with Gasteiger partial charge in [-0.25, -0.2) is 0 Å². The van der Waals surface area contributed by atoms with Gasteiger partial charge in [-0.3, -0.25) is 0 Å². The van der Waals surface area contributed by atoms with E-state index in [-0.39, 0.29) is 5.41 Å². The first-order valence-corrected chi connectivity index (χ1v) is 6.36. The summed E-state index contributed by atoms with van der Waals surface area (Å²) < 4.78 is 0. The highest BCUT2D eigenvalue weighted by Crippen LogP contribution is 2.37. The third kappa shape index (κ3) is 1.99. The van der Waals surface area contributed by atoms with E-state index in [2.05, 4.69) is 63.4 Å². The van der Waals surface area contributed by atoms with Crippen molar-refractivity contribution in [2.45, 2.75) is 25.7 Å². The first kappa shape index (κ1) is 12.6. The second-order valence-corrected chi connectivity index (χ2v) is 5.07. The Labute approximate surface area is 110 Å². The summed E-state index contributed by atoms with van der Waals surface area (Å²) in [6.45, 7) is 12.3. The van der Waals surface area contributed by atoms with Crippen LogP contribution in [0.25, 0.3) is 12.2 Å². The lowest BCUT2D eigenvalue weighted by molar-refractivity contribution is 0.598. The molecule has 2 rings (SSSR count). The molecule has 0 aliphatic heterocycles. The third-order valence-corrected chi connectivity index (χ3v) is 3.78. The van der Waals surface area contributed by atoms with Gasteiger partial charge in [-0.15, -0.1) is 0 Å². The van der Waals surface area contributed by atoms with E-state index in [1.807, 2.05) is 12.2 Å². The average Bonchev–Trinajstić information content (AvgIpc) is 2.38. The Morgan fingerprint density at radius 2 is 1.83 bits per heavy atom. The van der Waals surface area contributed by atoms with Crippen LogP contribution in [-0.2, 0) is 5.41 Å². The van der Waals surface area contributed by atoms with Crippen LogP contribution >= 0.6 is 0 Å². The van der Waals surface area contributed by atoms with Crippen LogP contribution in [0.2, 0.25) is 0 Å². The van der Waals surface area contributed by atoms with Crippen LogP contribution in [0, 0.1) is 6.92 Å². The quantitative estimate of drug-likeness (QED) is 0.688. The monoisotopic (exact) mass is 236 g/mol. The van der Waals surface area contributed by atoms with Gasteiger partial charge in [0.1, 0.15) is 0 Å². The number of benzene rings is 1. The molecule has 1 aliphatic rings. The zero-order valence-corrected chi connectivity index (χ0v) is 11.2. The predicted molar refractivity (Wildman–Crippen MR) is 81.6 cm³/mol. The Balaban J connectivity index is 2.65. The van der Waals surface area contributed by atoms with E-state index in [9.17, 15) is 0 Å². The van der Waals surface area contributed by atoms with Crippen molar-refractivity contribution in [1.29, 1.82) is 0 Å². The second kappa shape index (κ2) is 4.81. The van der Waals surface area contributed by atoms with Gasteiger partial charge in [0.2, 0.25) is 0 Å². The molecule has 1 atom stereocenters. The van der Waals surface area contributed by atoms with Gasteiger partial charge in [-0.2, -0.15) is 0 Å². The van der Waals surface area contributed by atoms with E-state index >= 15 is 0 Å². The molecule has 0 saturated carbocycles. The van der Waals surface area contributed by atoms with Crippen LogP contribution in [0.5, 0.6) is 0 Å². The molecule has 1 aromatic rings. The van der Waals surface area contributed by atoms with E-state index in [0.717, 1.165) is 6.42 Å². The highest BCUT2D eigenvalue weighted by molar-refractivity contribution is 5.70. The van der Waals surface area contributed by atoms with Crippen molar-refractivity contribution in [3.05, 3.63) is 71.8 Å². The Bertz CT molecular complexity index is 543. The summed E-state index contributed by atoms with van der Waals surface area (Å²) in [4.78, 5) is 0. The molecule has 0 nitrogen and oxygen atoms in total. The fourth-order valence-electron chi connectivity index (χ4n) is 2.66. The van der Waals surface area contributed by atoms with Gasteiger partial charge < -0.3 is 0 Å². The first-order chi connectivity index (χ1) is 8.62. The molecule has 0 radical (unpaired) electrons. The van der Waals surface area contributed by atoms with Crippen LogP contribution in [0.4, 0.5) is 0 Å². The van der Waals surface area contributed by atoms with Crippen molar-refractivity contribution in [1.82, 2.24) is 0 Å². The van der Waals surface area contributed by atoms with Crippen molar-refractivity contribution in [3.63, 3.8) is 0 Å². The Morgan fingerprint density at radius 1 is 1.11 bits per heavy atom. The zero-order valence-electron chi connectivity index (χ0n) is 11.2. The predicted octanol–water partition coefficient (Wildman–Crippen LogP) is 5.05. The van der Waals surface area contributed by atoms with E-state index in [4.69, 9.17) is 0 Å². The standard InChI is InChI=1S/C18H20/c1-5-15-14(3)10-11-17(16(15)6-2)18(4)12-8-7-9-13-18/h5-12H,1-2,13H2,3-4H3. The smallest absolute Gasteiger partial charge is 0.0147 e. The maximum absolute atomic E-state index is 3.98. The van der Waals surface area contributed by atoms with Crippen LogP contribution in [0.15, 0.2) is 49.6 Å². The molecule has 0 N–H and O–H groups in total. The number of rotatable bonds is 3. The van der Waals surface area contributed by atoms with Gasteiger partial charge in [0.15, 0.2) is 0 Å². The Morgan fingerprint density at radius 3 is 2.39 bits per heavy atom. The number of hydrogen-bond donors (Lipinski definition) is 0. The van der Waals surface area contributed by atoms with Crippen LogP contribution < -0.4 is 0 Å². The molecule has 0 fully saturated rings. The molecule has 0 bridgehead atoms. The maximum Gasteiger partial charge on any atom is 0.0147 e. The van der Waals surface area contributed by atoms with Gasteiger partial charge in [0.25, 0.3) is 0 Å². The highest BCUT2D eigenvalue weighted by Gasteiger charge is 2.26. The fourth-order valence-corrected chi connectivity index (χ4v) is 2.66. The summed E-state index contributed by atoms with van der Waals surface area (Å²) >= 11 is 0. The summed E-state index contributed by atoms with van der Waals surface area (Å²) in [5.41, 5.74) is 5.06. The molecule has 0 heterocycles. The minimum atomic E-state index is 0.0593. The topological polar surface area (TPSA) is 0 Å². The summed E-state index contributed by atoms with van der Waals surface area (Å²) in [5, 5.41) is 0. The molecular formula is C18H20. The molecule has 0 saturated heterocycles. The van der Waals surface area contributed by atoms with E-state index in [1.165, 1.54) is 22.3 Å². The van der Waals surface area contributed by atoms with Crippen LogP contribution in [0.3, 0.4) is 0 Å². The van der Waals surface area contributed by atoms with Gasteiger partial charge >= 0.3 is 0 Å². The molecule has 1 aromatic carbocycles. The van der Waals surface area contributed by atoms with Gasteiger partial charge in [0, 0.05) is 5.41 Å². The number of aryl methyl sites for hydroxylation is 1. The average molecular weight is 236 g/mol. The molecule has 0 amide bonds. The molecule has 92 valence electrons. The number of hydrogen-bond acceptors (Lipinski definition) is 0. The summed E-state index contributed by atoms with van der Waals surface area (Å²) in [6.07, 6.45) is 13.7. The number of allylic oxidation sites excluding steroid dienone is 4. The molecule has 1 unspecified atom stereocenters. The molecule has 0 heteroatoms. The van der Waals surface area contributed by atoms with Crippen molar-refractivity contribution < 1.29 is 0 Å². The zero-order chi connectivity index (χ0) is 13.2. The van der Waals surface area contributed by atoms with Gasteiger partial charge in [-0.1, -0.05) is 68.7 Å². The SMILES string of the molecule is C=Cc1c(C)ccc(C2(C)C=CC=CC2)c1C=C. The van der Waals surface area contributed by atoms with Crippen molar-refractivity contribution in [3.8, 4) is 0 Å². The van der Waals surface area contributed by atoms with Crippen molar-refractivity contribution in [2.24, 2.45) is 0 Å². The largest absolute Gasteiger partial charge is 0.0984 e. The fraction of sp³-hybridized carbons (Fsp3) is 0.222. The Hall–Kier alpha value is -1.82. The van der Waals surface area contributed by atoms with Crippen molar-refractivity contribution >= 4 is 12.2 Å². The van der Waals surface area contributed by atoms with Crippen molar-refractivity contribution in [2.75, 3.05) is 0 Å². The summed E-state index contributed by atoms with van der Waals surface area (Å²) in [5.74, 6) is 0. The molecule has 1 aliphatic carbocycles. The van der Waals surface area contributed by atoms with E-state index in [1.54, 1.807) is 0 Å². The normalized spacial score (nSPS) is 21.9. The molecular weight excluding hydrogens is 216 g/mol. The van der Waals surface area contributed by atoms with Crippen LogP contribution in [-0.4, -0.2) is 0 Å². The molecule has 18 heavy (non-hydrogen) atoms. The lowest BCUT2D eigenvalue weighted by Crippen LogP contribution is -2.21. The lowest BCUT2D eigenvalue weighted by Gasteiger charge is -2.30. The molecule has 0 spiro atoms. The van der Waals surface area contributed by atoms with E-state index < -0.39 is 0 Å². The first-order valence-electron chi connectivity index (χ1n) is 6.36. The lowest BCUT2D eigenvalue weighted by atomic mass is 9.74. The third-order valence-electron chi connectivity index (χ3n) is 3.78. The molecule has 0 aromatic heterocycles. The van der Waals surface area contributed by atoms with Crippen LogP contribution in [0.1, 0.15) is 35.6 Å². The second-order valence-electron chi connectivity index (χ2n) is 5.07. The minimum Gasteiger partial charge on any atom is -0.0984 e. The Kier molecular flexibility index (Phi) is 3.38. The minimum absolute atomic E-state index is 0.0593. The van der Waals surface area contributed by atoms with Gasteiger partial charge in [-0.05, 0) is 35.6 Å². The van der Waals surface area contributed by atoms with E-state index in [0.29, 0.717) is 0 Å². The maximum atomic E-state index is 3.98. The van der Waals surface area contributed by atoms with Gasteiger partial charge in [0.05, 0.1) is 0 Å². The summed E-state index contributed by atoms with van der Waals surface area (Å²) in [7, 11) is 0.